The SMILES string of the molecule is CCC(CCO)NS(=O)(=O)c1cccc(Cl)c1C. The monoisotopic (exact) mass is 291 g/mol. The van der Waals surface area contributed by atoms with E-state index in [1.54, 1.807) is 19.1 Å². The van der Waals surface area contributed by atoms with E-state index < -0.39 is 10.0 Å². The third-order valence-electron chi connectivity index (χ3n) is 2.80. The lowest BCUT2D eigenvalue weighted by Crippen LogP contribution is -2.35. The molecular weight excluding hydrogens is 274 g/mol. The minimum atomic E-state index is -3.59. The highest BCUT2D eigenvalue weighted by atomic mass is 35.5. The van der Waals surface area contributed by atoms with Crippen LogP contribution in [0.4, 0.5) is 0 Å². The number of hydrogen-bond donors (Lipinski definition) is 2. The van der Waals surface area contributed by atoms with Crippen LogP contribution in [0, 0.1) is 6.92 Å². The van der Waals surface area contributed by atoms with Crippen LogP contribution in [0.15, 0.2) is 23.1 Å². The van der Waals surface area contributed by atoms with Crippen molar-refractivity contribution in [3.63, 3.8) is 0 Å². The molecule has 0 spiro atoms. The molecule has 0 amide bonds. The van der Waals surface area contributed by atoms with Gasteiger partial charge >= 0.3 is 0 Å². The maximum atomic E-state index is 12.2. The van der Waals surface area contributed by atoms with Crippen LogP contribution in [0.1, 0.15) is 25.3 Å². The number of rotatable bonds is 6. The minimum absolute atomic E-state index is 0.0461. The van der Waals surface area contributed by atoms with Gasteiger partial charge in [0.2, 0.25) is 10.0 Å². The molecule has 1 aromatic rings. The average molecular weight is 292 g/mol. The fourth-order valence-corrected chi connectivity index (χ4v) is 3.52. The Balaban J connectivity index is 3.03. The zero-order valence-electron chi connectivity index (χ0n) is 10.5. The summed E-state index contributed by atoms with van der Waals surface area (Å²) >= 11 is 5.92. The van der Waals surface area contributed by atoms with Gasteiger partial charge in [-0.05, 0) is 37.5 Å². The quantitative estimate of drug-likeness (QED) is 0.843. The van der Waals surface area contributed by atoms with Crippen molar-refractivity contribution in [3.8, 4) is 0 Å². The van der Waals surface area contributed by atoms with Crippen LogP contribution in [0.25, 0.3) is 0 Å². The van der Waals surface area contributed by atoms with Crippen LogP contribution < -0.4 is 4.72 Å². The van der Waals surface area contributed by atoms with Crippen molar-refractivity contribution in [2.45, 2.75) is 37.6 Å². The Morgan fingerprint density at radius 3 is 2.67 bits per heavy atom. The lowest BCUT2D eigenvalue weighted by Gasteiger charge is -2.17. The highest BCUT2D eigenvalue weighted by molar-refractivity contribution is 7.89. The molecule has 0 radical (unpaired) electrons. The van der Waals surface area contributed by atoms with Gasteiger partial charge in [-0.15, -0.1) is 0 Å². The second-order valence-electron chi connectivity index (χ2n) is 4.10. The fraction of sp³-hybridized carbons (Fsp3) is 0.500. The molecule has 18 heavy (non-hydrogen) atoms. The van der Waals surface area contributed by atoms with E-state index in [-0.39, 0.29) is 17.5 Å². The van der Waals surface area contributed by atoms with Crippen molar-refractivity contribution >= 4 is 21.6 Å². The summed E-state index contributed by atoms with van der Waals surface area (Å²) in [6, 6.07) is 4.52. The molecule has 1 rings (SSSR count). The first-order valence-corrected chi connectivity index (χ1v) is 7.66. The molecule has 0 heterocycles. The predicted molar refractivity (Wildman–Crippen MR) is 72.3 cm³/mol. The third-order valence-corrected chi connectivity index (χ3v) is 4.87. The second kappa shape index (κ2) is 6.52. The molecule has 1 aromatic carbocycles. The summed E-state index contributed by atoms with van der Waals surface area (Å²) in [5, 5.41) is 9.30. The molecule has 6 heteroatoms. The zero-order chi connectivity index (χ0) is 13.8. The Hall–Kier alpha value is -0.620. The highest BCUT2D eigenvalue weighted by Crippen LogP contribution is 2.23. The van der Waals surface area contributed by atoms with Crippen molar-refractivity contribution in [1.29, 1.82) is 0 Å². The van der Waals surface area contributed by atoms with Gasteiger partial charge in [0.05, 0.1) is 4.90 Å². The molecule has 1 atom stereocenters. The maximum absolute atomic E-state index is 12.2. The van der Waals surface area contributed by atoms with Crippen LogP contribution >= 0.6 is 11.6 Å². The molecule has 4 nitrogen and oxygen atoms in total. The second-order valence-corrected chi connectivity index (χ2v) is 6.19. The number of sulfonamides is 1. The van der Waals surface area contributed by atoms with E-state index >= 15 is 0 Å². The van der Waals surface area contributed by atoms with E-state index in [2.05, 4.69) is 4.72 Å². The molecule has 0 aromatic heterocycles. The average Bonchev–Trinajstić information content (AvgIpc) is 2.31. The van der Waals surface area contributed by atoms with Gasteiger partial charge in [0, 0.05) is 17.7 Å². The van der Waals surface area contributed by atoms with E-state index in [0.29, 0.717) is 23.4 Å². The van der Waals surface area contributed by atoms with E-state index in [9.17, 15) is 8.42 Å². The van der Waals surface area contributed by atoms with Crippen molar-refractivity contribution in [2.24, 2.45) is 0 Å². The molecule has 1 unspecified atom stereocenters. The largest absolute Gasteiger partial charge is 0.396 e. The van der Waals surface area contributed by atoms with E-state index in [1.165, 1.54) is 6.07 Å². The molecule has 0 fully saturated rings. The summed E-state index contributed by atoms with van der Waals surface area (Å²) in [6.45, 7) is 3.49. The lowest BCUT2D eigenvalue weighted by molar-refractivity contribution is 0.270. The first-order valence-electron chi connectivity index (χ1n) is 5.80. The van der Waals surface area contributed by atoms with Gasteiger partial charge in [0.15, 0.2) is 0 Å². The lowest BCUT2D eigenvalue weighted by atomic mass is 10.2. The molecule has 0 saturated carbocycles. The summed E-state index contributed by atoms with van der Waals surface area (Å²) < 4.78 is 27.0. The Morgan fingerprint density at radius 1 is 1.44 bits per heavy atom. The van der Waals surface area contributed by atoms with Crippen LogP contribution in [-0.4, -0.2) is 26.2 Å². The Labute approximate surface area is 113 Å². The number of aliphatic hydroxyl groups excluding tert-OH is 1. The van der Waals surface area contributed by atoms with Gasteiger partial charge in [-0.25, -0.2) is 13.1 Å². The van der Waals surface area contributed by atoms with Crippen molar-refractivity contribution in [1.82, 2.24) is 4.72 Å². The standard InChI is InChI=1S/C12H18ClNO3S/c1-3-10(7-8-15)14-18(16,17)12-6-4-5-11(13)9(12)2/h4-6,10,14-15H,3,7-8H2,1-2H3. The van der Waals surface area contributed by atoms with Crippen LogP contribution in [-0.2, 0) is 10.0 Å². The van der Waals surface area contributed by atoms with Gasteiger partial charge in [-0.1, -0.05) is 24.6 Å². The van der Waals surface area contributed by atoms with E-state index in [1.807, 2.05) is 6.92 Å². The predicted octanol–water partition coefficient (Wildman–Crippen LogP) is 2.09. The highest BCUT2D eigenvalue weighted by Gasteiger charge is 2.21. The first-order chi connectivity index (χ1) is 8.42. The molecule has 0 aliphatic carbocycles. The molecule has 2 N–H and O–H groups in total. The summed E-state index contributed by atoms with van der Waals surface area (Å²) in [5.41, 5.74) is 0.533. The fourth-order valence-electron chi connectivity index (χ4n) is 1.66. The molecule has 0 aliphatic rings. The van der Waals surface area contributed by atoms with E-state index in [4.69, 9.17) is 16.7 Å². The van der Waals surface area contributed by atoms with Crippen LogP contribution in [0.2, 0.25) is 5.02 Å². The number of hydrogen-bond acceptors (Lipinski definition) is 3. The summed E-state index contributed by atoms with van der Waals surface area (Å²) in [6.07, 6.45) is 1.02. The van der Waals surface area contributed by atoms with Gasteiger partial charge in [-0.2, -0.15) is 0 Å². The molecule has 102 valence electrons. The van der Waals surface area contributed by atoms with Crippen molar-refractivity contribution in [2.75, 3.05) is 6.61 Å². The van der Waals surface area contributed by atoms with Gasteiger partial charge in [0.25, 0.3) is 0 Å². The summed E-state index contributed by atoms with van der Waals surface area (Å²) in [4.78, 5) is 0.186. The molecule has 0 saturated heterocycles. The summed E-state index contributed by atoms with van der Waals surface area (Å²) in [5.74, 6) is 0. The number of nitrogens with one attached hydrogen (secondary N) is 1. The normalized spacial score (nSPS) is 13.6. The minimum Gasteiger partial charge on any atom is -0.396 e. The van der Waals surface area contributed by atoms with Gasteiger partial charge in [-0.3, -0.25) is 0 Å². The number of halogens is 1. The number of aliphatic hydroxyl groups is 1. The Morgan fingerprint density at radius 2 is 2.11 bits per heavy atom. The number of benzene rings is 1. The topological polar surface area (TPSA) is 66.4 Å². The zero-order valence-corrected chi connectivity index (χ0v) is 12.1. The molecular formula is C12H18ClNO3S. The molecule has 0 aliphatic heterocycles. The van der Waals surface area contributed by atoms with Gasteiger partial charge in [0.1, 0.15) is 0 Å². The third kappa shape index (κ3) is 3.68. The van der Waals surface area contributed by atoms with Crippen molar-refractivity contribution < 1.29 is 13.5 Å². The summed E-state index contributed by atoms with van der Waals surface area (Å²) in [7, 11) is -3.59. The van der Waals surface area contributed by atoms with Gasteiger partial charge < -0.3 is 5.11 Å². The van der Waals surface area contributed by atoms with Crippen molar-refractivity contribution in [3.05, 3.63) is 28.8 Å². The Bertz CT molecular complexity index is 502. The van der Waals surface area contributed by atoms with Crippen LogP contribution in [0.3, 0.4) is 0 Å². The smallest absolute Gasteiger partial charge is 0.241 e. The molecule has 0 bridgehead atoms. The van der Waals surface area contributed by atoms with E-state index in [0.717, 1.165) is 0 Å². The maximum Gasteiger partial charge on any atom is 0.241 e. The Kier molecular flexibility index (Phi) is 5.59. The first kappa shape index (κ1) is 15.4. The van der Waals surface area contributed by atoms with Crippen LogP contribution in [0.5, 0.6) is 0 Å².